The second-order valence-electron chi connectivity index (χ2n) is 18.5. The number of likely N-dealkylation sites (tertiary alicyclic amines) is 1. The first-order chi connectivity index (χ1) is 37.4. The quantitative estimate of drug-likeness (QED) is 0.0436. The summed E-state index contributed by atoms with van der Waals surface area (Å²) in [6.07, 6.45) is 7.99. The number of nitrogens with two attached hydrogens (primary N) is 2. The maximum Gasteiger partial charge on any atom is 0.266 e. The van der Waals surface area contributed by atoms with E-state index in [4.69, 9.17) is 25.7 Å². The summed E-state index contributed by atoms with van der Waals surface area (Å²) >= 11 is 0. The normalized spacial score (nSPS) is 12.6. The zero-order valence-electron chi connectivity index (χ0n) is 43.6. The number of piperidine rings is 1. The van der Waals surface area contributed by atoms with Crippen molar-refractivity contribution in [3.63, 3.8) is 0 Å². The molecule has 17 heteroatoms. The average molecular weight is 1030 g/mol. The first-order valence-corrected chi connectivity index (χ1v) is 24.9. The van der Waals surface area contributed by atoms with Crippen molar-refractivity contribution in [3.8, 4) is 63.1 Å². The van der Waals surface area contributed by atoms with Gasteiger partial charge >= 0.3 is 0 Å². The molecule has 7 aromatic rings. The Morgan fingerprint density at radius 3 is 1.91 bits per heavy atom. The number of nitrogen functional groups attached to an aromatic ring is 2. The SMILES string of the molecule is CN(C)C/C=C(\C#N)C(=O)N1CCC(CNc2ncnc(N)c2-c2ccc(Oc3ccccc3)cc2)CC1.CN(C)C/C=C(\C#N)C(=O)Nc1cccc(Oc2ccnc(N)c2-c2ccc(OCc3ccccc3)cc2)c1. The van der Waals surface area contributed by atoms with Crippen LogP contribution in [-0.2, 0) is 16.2 Å². The number of carbonyl (C=O) groups excluding carboxylic acids is 2. The first-order valence-electron chi connectivity index (χ1n) is 24.9. The number of amides is 2. The number of anilines is 4. The van der Waals surface area contributed by atoms with Gasteiger partial charge in [-0.3, -0.25) is 9.59 Å². The molecule has 0 spiro atoms. The standard InChI is InChI=1S/C31H29N5O3.C29H33N7O2/c1-36(2)18-16-24(20-32)31(37)35-25-9-6-10-27(19-25)39-28-15-17-34-30(33)29(28)23-11-13-26(14-12-23)38-21-22-7-4-3-5-8-22;1-35(2)15-14-23(18-30)29(37)36-16-12-21(13-17-36)19-32-28-26(27(31)33-20-34-28)22-8-10-25(11-9-22)38-24-6-4-3-5-7-24/h3-17,19H,18,21H2,1-2H3,(H2,33,34)(H,35,37);3-11,14,20-21H,12-13,15-17,19H2,1-2H3,(H3,31,32,33,34)/b24-16+;23-14+. The lowest BCUT2D eigenvalue weighted by Crippen LogP contribution is -2.40. The van der Waals surface area contributed by atoms with Crippen LogP contribution >= 0.6 is 0 Å². The molecule has 0 radical (unpaired) electrons. The number of pyridine rings is 1. The number of nitrogens with zero attached hydrogens (tertiary/aromatic N) is 8. The summed E-state index contributed by atoms with van der Waals surface area (Å²) in [5.74, 6) is 4.29. The third kappa shape index (κ3) is 16.2. The van der Waals surface area contributed by atoms with Gasteiger partial charge in [0, 0.05) is 50.7 Å². The monoisotopic (exact) mass is 1030 g/mol. The summed E-state index contributed by atoms with van der Waals surface area (Å²) in [6.45, 7) is 3.44. The molecule has 17 nitrogen and oxygen atoms in total. The molecule has 0 aliphatic carbocycles. The van der Waals surface area contributed by atoms with Gasteiger partial charge < -0.3 is 51.0 Å². The Hall–Kier alpha value is -9.55. The van der Waals surface area contributed by atoms with Crippen molar-refractivity contribution >= 4 is 35.0 Å². The van der Waals surface area contributed by atoms with E-state index in [1.165, 1.54) is 6.33 Å². The number of hydrogen-bond acceptors (Lipinski definition) is 15. The predicted octanol–water partition coefficient (Wildman–Crippen LogP) is 9.83. The van der Waals surface area contributed by atoms with Crippen molar-refractivity contribution in [1.29, 1.82) is 10.5 Å². The Morgan fingerprint density at radius 1 is 0.675 bits per heavy atom. The van der Waals surface area contributed by atoms with E-state index in [0.717, 1.165) is 52.3 Å². The molecule has 1 aliphatic heterocycles. The minimum Gasteiger partial charge on any atom is -0.489 e. The van der Waals surface area contributed by atoms with Crippen LogP contribution in [0.2, 0.25) is 0 Å². The smallest absolute Gasteiger partial charge is 0.266 e. The fourth-order valence-corrected chi connectivity index (χ4v) is 8.06. The average Bonchev–Trinajstić information content (AvgIpc) is 3.44. The predicted molar refractivity (Wildman–Crippen MR) is 301 cm³/mol. The number of nitriles is 2. The van der Waals surface area contributed by atoms with Crippen molar-refractivity contribution in [2.75, 3.05) is 83.0 Å². The Morgan fingerprint density at radius 2 is 1.26 bits per heavy atom. The van der Waals surface area contributed by atoms with E-state index in [9.17, 15) is 20.1 Å². The molecule has 0 saturated carbocycles. The topological polar surface area (TPSA) is 234 Å². The van der Waals surface area contributed by atoms with Gasteiger partial charge in [-0.05, 0) is 130 Å². The number of nitrogens with one attached hydrogen (secondary N) is 2. The van der Waals surface area contributed by atoms with Crippen LogP contribution in [0.15, 0.2) is 175 Å². The zero-order chi connectivity index (χ0) is 54.5. The Labute approximate surface area is 449 Å². The number of ether oxygens (including phenoxy) is 3. The lowest BCUT2D eigenvalue weighted by molar-refractivity contribution is -0.128. The number of carbonyl (C=O) groups is 2. The van der Waals surface area contributed by atoms with Crippen LogP contribution in [0.4, 0.5) is 23.1 Å². The van der Waals surface area contributed by atoms with Gasteiger partial charge in [-0.15, -0.1) is 0 Å². The molecule has 5 aromatic carbocycles. The van der Waals surface area contributed by atoms with E-state index in [1.807, 2.05) is 153 Å². The second-order valence-corrected chi connectivity index (χ2v) is 18.5. The van der Waals surface area contributed by atoms with E-state index in [2.05, 4.69) is 31.7 Å². The molecule has 8 rings (SSSR count). The van der Waals surface area contributed by atoms with Crippen molar-refractivity contribution in [3.05, 3.63) is 181 Å². The van der Waals surface area contributed by atoms with Crippen LogP contribution in [0.3, 0.4) is 0 Å². The highest BCUT2D eigenvalue weighted by Crippen LogP contribution is 2.38. The summed E-state index contributed by atoms with van der Waals surface area (Å²) in [4.78, 5) is 43.8. The summed E-state index contributed by atoms with van der Waals surface area (Å²) in [5.41, 5.74) is 17.4. The van der Waals surface area contributed by atoms with E-state index in [0.29, 0.717) is 85.5 Å². The number of likely N-dealkylation sites (N-methyl/N-ethyl adjacent to an activating group) is 2. The maximum absolute atomic E-state index is 12.8. The number of para-hydroxylation sites is 1. The molecule has 6 N–H and O–H groups in total. The molecule has 392 valence electrons. The maximum atomic E-state index is 12.8. The molecule has 2 amide bonds. The minimum absolute atomic E-state index is 0.0374. The van der Waals surface area contributed by atoms with E-state index in [-0.39, 0.29) is 17.1 Å². The van der Waals surface area contributed by atoms with Crippen LogP contribution in [0.5, 0.6) is 28.7 Å². The second kappa shape index (κ2) is 27.7. The van der Waals surface area contributed by atoms with Gasteiger partial charge in [0.1, 0.15) is 82.4 Å². The summed E-state index contributed by atoms with van der Waals surface area (Å²) in [5, 5.41) is 25.0. The molecular formula is C60H62N12O5. The van der Waals surface area contributed by atoms with Crippen molar-refractivity contribution in [2.45, 2.75) is 19.4 Å². The molecule has 2 aromatic heterocycles. The van der Waals surface area contributed by atoms with Gasteiger partial charge in [0.05, 0.1) is 11.1 Å². The Kier molecular flexibility index (Phi) is 19.8. The van der Waals surface area contributed by atoms with Crippen LogP contribution in [0.1, 0.15) is 18.4 Å². The molecule has 1 aliphatic rings. The van der Waals surface area contributed by atoms with Gasteiger partial charge in [0.25, 0.3) is 11.8 Å². The molecule has 77 heavy (non-hydrogen) atoms. The van der Waals surface area contributed by atoms with Gasteiger partial charge in [-0.1, -0.05) is 78.9 Å². The summed E-state index contributed by atoms with van der Waals surface area (Å²) in [6, 6.07) is 47.5. The fourth-order valence-electron chi connectivity index (χ4n) is 8.06. The first kappa shape index (κ1) is 55.2. The lowest BCUT2D eigenvalue weighted by Gasteiger charge is -2.32. The van der Waals surface area contributed by atoms with E-state index in [1.54, 1.807) is 53.6 Å². The highest BCUT2D eigenvalue weighted by atomic mass is 16.5. The van der Waals surface area contributed by atoms with Crippen LogP contribution in [0, 0.1) is 28.6 Å². The number of benzene rings is 5. The highest BCUT2D eigenvalue weighted by Gasteiger charge is 2.26. The number of hydrogen-bond donors (Lipinski definition) is 4. The van der Waals surface area contributed by atoms with Crippen molar-refractivity contribution in [2.24, 2.45) is 5.92 Å². The van der Waals surface area contributed by atoms with Crippen LogP contribution in [0.25, 0.3) is 22.3 Å². The Bertz CT molecular complexity index is 3220. The van der Waals surface area contributed by atoms with Gasteiger partial charge in [-0.2, -0.15) is 10.5 Å². The van der Waals surface area contributed by atoms with Gasteiger partial charge in [-0.25, -0.2) is 15.0 Å². The van der Waals surface area contributed by atoms with E-state index >= 15 is 0 Å². The molecule has 0 unspecified atom stereocenters. The summed E-state index contributed by atoms with van der Waals surface area (Å²) in [7, 11) is 7.53. The molecule has 3 heterocycles. The summed E-state index contributed by atoms with van der Waals surface area (Å²) < 4.78 is 18.0. The zero-order valence-corrected chi connectivity index (χ0v) is 43.6. The molecule has 1 saturated heterocycles. The van der Waals surface area contributed by atoms with E-state index < -0.39 is 5.91 Å². The number of aromatic nitrogens is 3. The third-order valence-corrected chi connectivity index (χ3v) is 12.1. The van der Waals surface area contributed by atoms with Crippen LogP contribution in [-0.4, -0.2) is 102 Å². The van der Waals surface area contributed by atoms with Crippen molar-refractivity contribution in [1.82, 2.24) is 29.7 Å². The lowest BCUT2D eigenvalue weighted by atomic mass is 9.96. The van der Waals surface area contributed by atoms with Gasteiger partial charge in [0.15, 0.2) is 0 Å². The van der Waals surface area contributed by atoms with Gasteiger partial charge in [0.2, 0.25) is 0 Å². The van der Waals surface area contributed by atoms with Crippen LogP contribution < -0.4 is 36.3 Å². The third-order valence-electron chi connectivity index (χ3n) is 12.1. The Balaban J connectivity index is 0.000000224. The fraction of sp³-hybridized carbons (Fsp3) is 0.217. The minimum atomic E-state index is -0.486. The molecule has 0 bridgehead atoms. The van der Waals surface area contributed by atoms with Crippen molar-refractivity contribution < 1.29 is 23.8 Å². The highest BCUT2D eigenvalue weighted by molar-refractivity contribution is 6.06. The molecule has 0 atom stereocenters. The molecular weight excluding hydrogens is 969 g/mol. The number of rotatable bonds is 19. The molecule has 1 fully saturated rings. The largest absolute Gasteiger partial charge is 0.489 e.